The van der Waals surface area contributed by atoms with E-state index in [4.69, 9.17) is 21.1 Å². The number of ether oxygens (including phenoxy) is 2. The number of hydrogen-bond acceptors (Lipinski definition) is 5. The molecule has 0 atom stereocenters. The SMILES string of the molecule is Cn1c(COc2ccc(Cl)cc2)c(C(=O)C(=O)N2CCN(C(=O)OC(C)(C)C)CC2)c2ccccc21. The maximum Gasteiger partial charge on any atom is 0.410 e. The predicted molar refractivity (Wildman–Crippen MR) is 137 cm³/mol. The molecule has 8 nitrogen and oxygen atoms in total. The Hall–Kier alpha value is -3.52. The Kier molecular flexibility index (Phi) is 7.26. The zero-order valence-corrected chi connectivity index (χ0v) is 21.7. The van der Waals surface area contributed by atoms with E-state index in [1.54, 1.807) is 29.2 Å². The number of rotatable bonds is 5. The van der Waals surface area contributed by atoms with Crippen LogP contribution in [0.25, 0.3) is 10.9 Å². The van der Waals surface area contributed by atoms with Crippen molar-refractivity contribution < 1.29 is 23.9 Å². The van der Waals surface area contributed by atoms with Crippen molar-refractivity contribution in [1.82, 2.24) is 14.4 Å². The summed E-state index contributed by atoms with van der Waals surface area (Å²) in [5.41, 5.74) is 1.18. The molecular formula is C27H30ClN3O5. The summed E-state index contributed by atoms with van der Waals surface area (Å²) < 4.78 is 13.2. The minimum atomic E-state index is -0.598. The number of ketones is 1. The molecule has 1 aliphatic rings. The molecule has 1 aromatic heterocycles. The van der Waals surface area contributed by atoms with Gasteiger partial charge in [0.2, 0.25) is 0 Å². The molecule has 0 radical (unpaired) electrons. The van der Waals surface area contributed by atoms with Crippen molar-refractivity contribution in [1.29, 1.82) is 0 Å². The van der Waals surface area contributed by atoms with Gasteiger partial charge in [-0.25, -0.2) is 4.79 Å². The number of aromatic nitrogens is 1. The van der Waals surface area contributed by atoms with E-state index in [2.05, 4.69) is 0 Å². The molecule has 2 heterocycles. The normalized spacial score (nSPS) is 14.1. The monoisotopic (exact) mass is 511 g/mol. The van der Waals surface area contributed by atoms with Crippen LogP contribution >= 0.6 is 11.6 Å². The predicted octanol–water partition coefficient (Wildman–Crippen LogP) is 4.67. The fraction of sp³-hybridized carbons (Fsp3) is 0.370. The molecule has 9 heteroatoms. The van der Waals surface area contributed by atoms with E-state index in [0.29, 0.717) is 40.5 Å². The molecule has 0 spiro atoms. The molecule has 1 fully saturated rings. The largest absolute Gasteiger partial charge is 0.487 e. The lowest BCUT2D eigenvalue weighted by atomic mass is 10.0. The first-order valence-corrected chi connectivity index (χ1v) is 12.2. The first-order valence-electron chi connectivity index (χ1n) is 11.8. The number of halogens is 1. The third-order valence-corrected chi connectivity index (χ3v) is 6.31. The molecule has 0 saturated carbocycles. The summed E-state index contributed by atoms with van der Waals surface area (Å²) >= 11 is 5.96. The van der Waals surface area contributed by atoms with Crippen LogP contribution in [0.3, 0.4) is 0 Å². The third-order valence-electron chi connectivity index (χ3n) is 6.06. The second-order valence-corrected chi connectivity index (χ2v) is 10.2. The molecule has 2 amide bonds. The van der Waals surface area contributed by atoms with Crippen molar-refractivity contribution >= 4 is 40.3 Å². The molecule has 3 aromatic rings. The van der Waals surface area contributed by atoms with Crippen molar-refractivity contribution in [2.45, 2.75) is 33.0 Å². The average Bonchev–Trinajstić information content (AvgIpc) is 3.13. The van der Waals surface area contributed by atoms with Crippen LogP contribution in [0.1, 0.15) is 36.8 Å². The molecule has 0 bridgehead atoms. The smallest absolute Gasteiger partial charge is 0.410 e. The van der Waals surface area contributed by atoms with E-state index in [-0.39, 0.29) is 19.7 Å². The highest BCUT2D eigenvalue weighted by Gasteiger charge is 2.33. The number of benzene rings is 2. The summed E-state index contributed by atoms with van der Waals surface area (Å²) in [7, 11) is 1.85. The van der Waals surface area contributed by atoms with Gasteiger partial charge >= 0.3 is 6.09 Å². The van der Waals surface area contributed by atoms with Crippen LogP contribution in [0, 0.1) is 0 Å². The number of carbonyl (C=O) groups excluding carboxylic acids is 3. The van der Waals surface area contributed by atoms with Crippen molar-refractivity contribution in [3.8, 4) is 5.75 Å². The summed E-state index contributed by atoms with van der Waals surface area (Å²) in [6, 6.07) is 14.4. The third kappa shape index (κ3) is 5.49. The first kappa shape index (κ1) is 25.6. The highest BCUT2D eigenvalue weighted by molar-refractivity contribution is 6.45. The minimum absolute atomic E-state index is 0.105. The number of Topliss-reactive ketones (excluding diaryl/α,β-unsaturated/α-hetero) is 1. The van der Waals surface area contributed by atoms with Crippen LogP contribution in [0.15, 0.2) is 48.5 Å². The Morgan fingerprint density at radius 2 is 1.53 bits per heavy atom. The van der Waals surface area contributed by atoms with Crippen LogP contribution in [0.2, 0.25) is 5.02 Å². The van der Waals surface area contributed by atoms with Crippen molar-refractivity contribution in [2.24, 2.45) is 7.05 Å². The van der Waals surface area contributed by atoms with Crippen molar-refractivity contribution in [3.63, 3.8) is 0 Å². The Morgan fingerprint density at radius 3 is 2.17 bits per heavy atom. The zero-order chi connectivity index (χ0) is 26.0. The fourth-order valence-corrected chi connectivity index (χ4v) is 4.35. The lowest BCUT2D eigenvalue weighted by Gasteiger charge is -2.35. The van der Waals surface area contributed by atoms with Gasteiger partial charge in [-0.15, -0.1) is 0 Å². The molecule has 0 N–H and O–H groups in total. The van der Waals surface area contributed by atoms with Gasteiger partial charge < -0.3 is 23.8 Å². The Morgan fingerprint density at radius 1 is 0.917 bits per heavy atom. The lowest BCUT2D eigenvalue weighted by molar-refractivity contribution is -0.128. The van der Waals surface area contributed by atoms with E-state index >= 15 is 0 Å². The van der Waals surface area contributed by atoms with Gasteiger partial charge in [-0.1, -0.05) is 29.8 Å². The van der Waals surface area contributed by atoms with Gasteiger partial charge in [0.1, 0.15) is 18.0 Å². The van der Waals surface area contributed by atoms with Crippen molar-refractivity contribution in [3.05, 3.63) is 64.8 Å². The van der Waals surface area contributed by atoms with Gasteiger partial charge in [-0.3, -0.25) is 9.59 Å². The standard InChI is InChI=1S/C27H30ClN3O5/c1-27(2,3)36-26(34)31-15-13-30(14-16-31)25(33)24(32)23-20-7-5-6-8-21(20)29(4)22(23)17-35-19-11-9-18(28)10-12-19/h5-12H,13-17H2,1-4H3. The number of carbonyl (C=O) groups is 3. The summed E-state index contributed by atoms with van der Waals surface area (Å²) in [6.07, 6.45) is -0.420. The maximum atomic E-state index is 13.6. The number of amides is 2. The molecule has 2 aromatic carbocycles. The second kappa shape index (κ2) is 10.2. The van der Waals surface area contributed by atoms with Crippen LogP contribution in [-0.2, 0) is 23.2 Å². The minimum Gasteiger partial charge on any atom is -0.487 e. The molecule has 190 valence electrons. The average molecular weight is 512 g/mol. The first-order chi connectivity index (χ1) is 17.0. The molecule has 1 saturated heterocycles. The lowest BCUT2D eigenvalue weighted by Crippen LogP contribution is -2.53. The van der Waals surface area contributed by atoms with Gasteiger partial charge in [0, 0.05) is 49.2 Å². The van der Waals surface area contributed by atoms with Crippen LogP contribution < -0.4 is 4.74 Å². The van der Waals surface area contributed by atoms with Crippen LogP contribution in [0.5, 0.6) is 5.75 Å². The molecule has 4 rings (SSSR count). The van der Waals surface area contributed by atoms with Gasteiger partial charge in [0.05, 0.1) is 11.3 Å². The Labute approximate surface area is 215 Å². The van der Waals surface area contributed by atoms with E-state index in [9.17, 15) is 14.4 Å². The van der Waals surface area contributed by atoms with Gasteiger partial charge in [-0.05, 0) is 51.1 Å². The van der Waals surface area contributed by atoms with Crippen LogP contribution in [0.4, 0.5) is 4.79 Å². The van der Waals surface area contributed by atoms with E-state index in [0.717, 1.165) is 5.52 Å². The zero-order valence-electron chi connectivity index (χ0n) is 20.9. The van der Waals surface area contributed by atoms with Gasteiger partial charge in [-0.2, -0.15) is 0 Å². The molecular weight excluding hydrogens is 482 g/mol. The van der Waals surface area contributed by atoms with Crippen LogP contribution in [-0.4, -0.2) is 63.9 Å². The highest BCUT2D eigenvalue weighted by atomic mass is 35.5. The number of aryl methyl sites for hydroxylation is 1. The molecule has 0 unspecified atom stereocenters. The van der Waals surface area contributed by atoms with E-state index < -0.39 is 23.4 Å². The van der Waals surface area contributed by atoms with Gasteiger partial charge in [0.25, 0.3) is 11.7 Å². The number of fused-ring (bicyclic) bond motifs is 1. The van der Waals surface area contributed by atoms with E-state index in [1.807, 2.05) is 56.7 Å². The Bertz CT molecular complexity index is 1290. The summed E-state index contributed by atoms with van der Waals surface area (Å²) in [4.78, 5) is 42.3. The molecule has 36 heavy (non-hydrogen) atoms. The summed E-state index contributed by atoms with van der Waals surface area (Å²) in [5.74, 6) is -0.581. The fourth-order valence-electron chi connectivity index (χ4n) is 4.22. The number of para-hydroxylation sites is 1. The summed E-state index contributed by atoms with van der Waals surface area (Å²) in [6.45, 7) is 6.64. The summed E-state index contributed by atoms with van der Waals surface area (Å²) in [5, 5.41) is 1.29. The van der Waals surface area contributed by atoms with E-state index in [1.165, 1.54) is 4.90 Å². The quantitative estimate of drug-likeness (QED) is 0.367. The second-order valence-electron chi connectivity index (χ2n) is 9.73. The number of nitrogens with zero attached hydrogens (tertiary/aromatic N) is 3. The highest BCUT2D eigenvalue weighted by Crippen LogP contribution is 2.28. The molecule has 0 aliphatic carbocycles. The topological polar surface area (TPSA) is 81.1 Å². The number of piperazine rings is 1. The van der Waals surface area contributed by atoms with Gasteiger partial charge in [0.15, 0.2) is 0 Å². The maximum absolute atomic E-state index is 13.6. The Balaban J connectivity index is 1.53. The molecule has 1 aliphatic heterocycles. The van der Waals surface area contributed by atoms with Crippen molar-refractivity contribution in [2.75, 3.05) is 26.2 Å². The number of hydrogen-bond donors (Lipinski definition) is 0.